The van der Waals surface area contributed by atoms with Crippen LogP contribution in [0.15, 0.2) is 40.8 Å². The molecule has 0 amide bonds. The van der Waals surface area contributed by atoms with E-state index in [0.29, 0.717) is 6.54 Å². The fourth-order valence-corrected chi connectivity index (χ4v) is 4.09. The van der Waals surface area contributed by atoms with Gasteiger partial charge in [0.2, 0.25) is 0 Å². The van der Waals surface area contributed by atoms with Crippen molar-refractivity contribution in [2.24, 2.45) is 4.99 Å². The van der Waals surface area contributed by atoms with Crippen molar-refractivity contribution in [1.29, 1.82) is 0 Å². The van der Waals surface area contributed by atoms with E-state index < -0.39 is 0 Å². The van der Waals surface area contributed by atoms with Crippen molar-refractivity contribution in [3.05, 3.63) is 57.0 Å². The summed E-state index contributed by atoms with van der Waals surface area (Å²) in [6.07, 6.45) is 2.76. The molecule has 0 saturated carbocycles. The van der Waals surface area contributed by atoms with Crippen LogP contribution in [0.1, 0.15) is 28.1 Å². The molecule has 142 valence electrons. The molecule has 0 radical (unpaired) electrons. The molecule has 2 N–H and O–H groups in total. The van der Waals surface area contributed by atoms with Gasteiger partial charge in [-0.15, -0.1) is 22.7 Å². The summed E-state index contributed by atoms with van der Waals surface area (Å²) in [4.78, 5) is 14.9. The lowest BCUT2D eigenvalue weighted by Gasteiger charge is -2.10. The van der Waals surface area contributed by atoms with Crippen LogP contribution in [-0.2, 0) is 13.0 Å². The Bertz CT molecular complexity index is 880. The molecule has 0 atom stereocenters. The van der Waals surface area contributed by atoms with Crippen molar-refractivity contribution in [2.45, 2.75) is 33.7 Å². The maximum Gasteiger partial charge on any atom is 0.191 e. The number of aryl methyl sites for hydroxylation is 2. The highest BCUT2D eigenvalue weighted by Crippen LogP contribution is 2.24. The molecule has 2 heterocycles. The Morgan fingerprint density at radius 2 is 1.96 bits per heavy atom. The predicted octanol–water partition coefficient (Wildman–Crippen LogP) is 4.18. The molecule has 0 bridgehead atoms. The number of benzene rings is 1. The number of hydrogen-bond acceptors (Lipinski definition) is 5. The van der Waals surface area contributed by atoms with E-state index in [-0.39, 0.29) is 0 Å². The molecule has 0 spiro atoms. The zero-order chi connectivity index (χ0) is 19.1. The van der Waals surface area contributed by atoms with Crippen LogP contribution in [0.2, 0.25) is 0 Å². The summed E-state index contributed by atoms with van der Waals surface area (Å²) < 4.78 is 0. The van der Waals surface area contributed by atoms with E-state index in [1.807, 2.05) is 6.20 Å². The van der Waals surface area contributed by atoms with E-state index in [1.165, 1.54) is 16.0 Å². The van der Waals surface area contributed by atoms with Crippen molar-refractivity contribution >= 4 is 28.6 Å². The summed E-state index contributed by atoms with van der Waals surface area (Å²) in [6.45, 7) is 8.45. The van der Waals surface area contributed by atoms with Crippen LogP contribution in [0.4, 0.5) is 0 Å². The summed E-state index contributed by atoms with van der Waals surface area (Å²) in [6, 6.07) is 8.51. The predicted molar refractivity (Wildman–Crippen MR) is 116 cm³/mol. The van der Waals surface area contributed by atoms with Crippen LogP contribution in [-0.4, -0.2) is 29.0 Å². The first-order valence-corrected chi connectivity index (χ1v) is 10.8. The Balaban J connectivity index is 1.53. The molecule has 0 aliphatic heterocycles. The molecule has 0 unspecified atom stereocenters. The number of aliphatic imine (C=N–C) groups is 1. The van der Waals surface area contributed by atoms with Crippen molar-refractivity contribution in [3.63, 3.8) is 0 Å². The Labute approximate surface area is 168 Å². The number of hydrogen-bond donors (Lipinski definition) is 2. The second-order valence-corrected chi connectivity index (χ2v) is 8.42. The van der Waals surface area contributed by atoms with Gasteiger partial charge in [-0.3, -0.25) is 0 Å². The topological polar surface area (TPSA) is 62.2 Å². The molecule has 1 aromatic carbocycles. The fourth-order valence-electron chi connectivity index (χ4n) is 2.52. The summed E-state index contributed by atoms with van der Waals surface area (Å²) in [5.41, 5.74) is 3.55. The molecule has 27 heavy (non-hydrogen) atoms. The Morgan fingerprint density at radius 3 is 2.67 bits per heavy atom. The zero-order valence-corrected chi connectivity index (χ0v) is 17.6. The third-order valence-electron chi connectivity index (χ3n) is 3.91. The number of rotatable bonds is 7. The van der Waals surface area contributed by atoms with Crippen LogP contribution in [0.3, 0.4) is 0 Å². The molecule has 2 aromatic heterocycles. The number of nitrogens with one attached hydrogen (secondary N) is 2. The highest BCUT2D eigenvalue weighted by atomic mass is 32.1. The third kappa shape index (κ3) is 5.87. The van der Waals surface area contributed by atoms with Crippen LogP contribution < -0.4 is 10.6 Å². The summed E-state index contributed by atoms with van der Waals surface area (Å²) in [7, 11) is 0. The van der Waals surface area contributed by atoms with Crippen molar-refractivity contribution < 1.29 is 0 Å². The van der Waals surface area contributed by atoms with Gasteiger partial charge in [0.1, 0.15) is 10.0 Å². The molecule has 3 rings (SSSR count). The van der Waals surface area contributed by atoms with E-state index in [9.17, 15) is 0 Å². The van der Waals surface area contributed by atoms with E-state index in [1.54, 1.807) is 22.7 Å². The number of guanidine groups is 1. The Morgan fingerprint density at radius 1 is 1.15 bits per heavy atom. The lowest BCUT2D eigenvalue weighted by Crippen LogP contribution is -2.38. The van der Waals surface area contributed by atoms with Gasteiger partial charge in [0, 0.05) is 41.5 Å². The molecule has 5 nitrogen and oxygen atoms in total. The van der Waals surface area contributed by atoms with Crippen molar-refractivity contribution in [3.8, 4) is 10.6 Å². The van der Waals surface area contributed by atoms with Gasteiger partial charge in [-0.05, 0) is 20.8 Å². The molecular formula is C20H25N5S2. The van der Waals surface area contributed by atoms with Gasteiger partial charge in [-0.1, -0.05) is 29.8 Å². The maximum atomic E-state index is 4.76. The second kappa shape index (κ2) is 9.62. The average molecular weight is 400 g/mol. The maximum absolute atomic E-state index is 4.76. The quantitative estimate of drug-likeness (QED) is 0.462. The van der Waals surface area contributed by atoms with Crippen molar-refractivity contribution in [1.82, 2.24) is 20.6 Å². The largest absolute Gasteiger partial charge is 0.357 e. The standard InChI is InChI=1S/C20H25N5S2/c1-4-21-20(24-12-18-23-11-15(3)27-18)22-10-9-17-13-26-19(25-17)16-7-5-14(2)6-8-16/h5-8,11,13H,4,9-10,12H2,1-3H3,(H2,21,22,24). The van der Waals surface area contributed by atoms with Crippen LogP contribution >= 0.6 is 22.7 Å². The van der Waals surface area contributed by atoms with Crippen molar-refractivity contribution in [2.75, 3.05) is 13.1 Å². The number of thiazole rings is 2. The first-order chi connectivity index (χ1) is 13.1. The smallest absolute Gasteiger partial charge is 0.191 e. The molecule has 0 aliphatic carbocycles. The Hall–Kier alpha value is -2.25. The van der Waals surface area contributed by atoms with Gasteiger partial charge in [0.05, 0.1) is 12.2 Å². The number of nitrogens with zero attached hydrogens (tertiary/aromatic N) is 3. The van der Waals surface area contributed by atoms with E-state index in [0.717, 1.165) is 41.2 Å². The summed E-state index contributed by atoms with van der Waals surface area (Å²) in [5, 5.41) is 10.9. The first-order valence-electron chi connectivity index (χ1n) is 9.09. The van der Waals surface area contributed by atoms with Crippen LogP contribution in [0, 0.1) is 13.8 Å². The van der Waals surface area contributed by atoms with Gasteiger partial charge in [-0.2, -0.15) is 0 Å². The number of aromatic nitrogens is 2. The first kappa shape index (κ1) is 19.5. The summed E-state index contributed by atoms with van der Waals surface area (Å²) >= 11 is 3.38. The molecule has 0 fully saturated rings. The van der Waals surface area contributed by atoms with Gasteiger partial charge in [-0.25, -0.2) is 15.0 Å². The van der Waals surface area contributed by atoms with Gasteiger partial charge < -0.3 is 10.6 Å². The molecule has 0 saturated heterocycles. The normalized spacial score (nSPS) is 11.6. The second-order valence-electron chi connectivity index (χ2n) is 6.25. The van der Waals surface area contributed by atoms with E-state index in [4.69, 9.17) is 4.98 Å². The monoisotopic (exact) mass is 399 g/mol. The third-order valence-corrected chi connectivity index (χ3v) is 5.75. The van der Waals surface area contributed by atoms with Gasteiger partial charge in [0.15, 0.2) is 5.96 Å². The highest BCUT2D eigenvalue weighted by molar-refractivity contribution is 7.13. The van der Waals surface area contributed by atoms with Crippen LogP contribution in [0.25, 0.3) is 10.6 Å². The lowest BCUT2D eigenvalue weighted by molar-refractivity contribution is 0.791. The molecule has 0 aliphatic rings. The minimum absolute atomic E-state index is 0.599. The molecule has 3 aromatic rings. The van der Waals surface area contributed by atoms with Crippen LogP contribution in [0.5, 0.6) is 0 Å². The zero-order valence-electron chi connectivity index (χ0n) is 16.0. The van der Waals surface area contributed by atoms with Gasteiger partial charge >= 0.3 is 0 Å². The van der Waals surface area contributed by atoms with Gasteiger partial charge in [0.25, 0.3) is 0 Å². The van der Waals surface area contributed by atoms with E-state index >= 15 is 0 Å². The van der Waals surface area contributed by atoms with E-state index in [2.05, 4.69) is 71.0 Å². The Kier molecular flexibility index (Phi) is 6.95. The molecule has 7 heteroatoms. The highest BCUT2D eigenvalue weighted by Gasteiger charge is 2.06. The lowest BCUT2D eigenvalue weighted by atomic mass is 10.2. The average Bonchev–Trinajstić information content (AvgIpc) is 3.29. The fraction of sp³-hybridized carbons (Fsp3) is 0.350. The summed E-state index contributed by atoms with van der Waals surface area (Å²) in [5.74, 6) is 0.819. The minimum atomic E-state index is 0.599. The minimum Gasteiger partial charge on any atom is -0.357 e. The SMILES string of the molecule is CCNC(=NCc1ncc(C)s1)NCCc1csc(-c2ccc(C)cc2)n1. The molecular weight excluding hydrogens is 374 g/mol.